The molecule has 0 unspecified atom stereocenters. The third-order valence-electron chi connectivity index (χ3n) is 10.8. The fourth-order valence-corrected chi connectivity index (χ4v) is 8.11. The molecule has 0 atom stereocenters. The minimum Gasteiger partial charge on any atom is -0.310 e. The van der Waals surface area contributed by atoms with Gasteiger partial charge in [-0.15, -0.1) is 0 Å². The summed E-state index contributed by atoms with van der Waals surface area (Å²) in [6.45, 7) is 0. The molecule has 10 aromatic rings. The smallest absolute Gasteiger partial charge is 0.0540 e. The van der Waals surface area contributed by atoms with E-state index in [0.717, 1.165) is 17.1 Å². The molecule has 55 heavy (non-hydrogen) atoms. The Morgan fingerprint density at radius 3 is 1.60 bits per heavy atom. The predicted octanol–water partition coefficient (Wildman–Crippen LogP) is 15.3. The van der Waals surface area contributed by atoms with Crippen LogP contribution in [0.1, 0.15) is 0 Å². The molecule has 0 aliphatic rings. The van der Waals surface area contributed by atoms with Crippen molar-refractivity contribution in [2.24, 2.45) is 0 Å². The van der Waals surface area contributed by atoms with E-state index < -0.39 is 0 Å². The molecule has 0 saturated heterocycles. The molecule has 0 radical (unpaired) electrons. The van der Waals surface area contributed by atoms with Crippen molar-refractivity contribution < 1.29 is 0 Å². The molecule has 0 N–H and O–H groups in total. The Hall–Kier alpha value is -7.22. The van der Waals surface area contributed by atoms with Crippen LogP contribution >= 0.6 is 0 Å². The SMILES string of the molecule is c1ccc(-c2ccc(-c3ccccc3N(c3cccc(-c4ccc5ccccc5c4)c3)c3cccc(-c4cccc5c4ccc4ccccc45)c3)cc2)cc1. The highest BCUT2D eigenvalue weighted by atomic mass is 15.1. The number of hydrogen-bond acceptors (Lipinski definition) is 1. The van der Waals surface area contributed by atoms with E-state index in [1.165, 1.54) is 76.8 Å². The van der Waals surface area contributed by atoms with E-state index in [2.05, 4.69) is 229 Å². The Morgan fingerprint density at radius 1 is 0.236 bits per heavy atom. The van der Waals surface area contributed by atoms with E-state index in [4.69, 9.17) is 0 Å². The molecule has 0 aliphatic heterocycles. The van der Waals surface area contributed by atoms with Gasteiger partial charge in [-0.2, -0.15) is 0 Å². The largest absolute Gasteiger partial charge is 0.310 e. The molecule has 0 aromatic heterocycles. The van der Waals surface area contributed by atoms with Gasteiger partial charge in [0.25, 0.3) is 0 Å². The molecule has 0 bridgehead atoms. The van der Waals surface area contributed by atoms with Crippen LogP contribution in [0.3, 0.4) is 0 Å². The van der Waals surface area contributed by atoms with Crippen molar-refractivity contribution in [3.8, 4) is 44.5 Å². The maximum Gasteiger partial charge on any atom is 0.0540 e. The molecule has 1 nitrogen and oxygen atoms in total. The third kappa shape index (κ3) is 6.12. The highest BCUT2D eigenvalue weighted by Crippen LogP contribution is 2.44. The van der Waals surface area contributed by atoms with Crippen LogP contribution in [0.15, 0.2) is 224 Å². The van der Waals surface area contributed by atoms with Crippen molar-refractivity contribution >= 4 is 49.4 Å². The summed E-state index contributed by atoms with van der Waals surface area (Å²) in [6, 6.07) is 81.5. The Balaban J connectivity index is 1.14. The summed E-state index contributed by atoms with van der Waals surface area (Å²) in [6.07, 6.45) is 0. The predicted molar refractivity (Wildman–Crippen MR) is 235 cm³/mol. The van der Waals surface area contributed by atoms with Crippen LogP contribution in [0, 0.1) is 0 Å². The lowest BCUT2D eigenvalue weighted by Crippen LogP contribution is -2.11. The van der Waals surface area contributed by atoms with E-state index in [0.29, 0.717) is 0 Å². The zero-order valence-electron chi connectivity index (χ0n) is 30.3. The van der Waals surface area contributed by atoms with Gasteiger partial charge in [-0.25, -0.2) is 0 Å². The molecule has 0 fully saturated rings. The number of fused-ring (bicyclic) bond motifs is 4. The molecule has 258 valence electrons. The first kappa shape index (κ1) is 32.4. The lowest BCUT2D eigenvalue weighted by molar-refractivity contribution is 1.28. The Labute approximate surface area is 322 Å². The van der Waals surface area contributed by atoms with Gasteiger partial charge in [-0.05, 0) is 108 Å². The first-order valence-electron chi connectivity index (χ1n) is 18.9. The summed E-state index contributed by atoms with van der Waals surface area (Å²) >= 11 is 0. The van der Waals surface area contributed by atoms with Gasteiger partial charge in [0.15, 0.2) is 0 Å². The molecule has 0 saturated carbocycles. The Morgan fingerprint density at radius 2 is 0.764 bits per heavy atom. The monoisotopic (exact) mass is 699 g/mol. The summed E-state index contributed by atoms with van der Waals surface area (Å²) in [5.41, 5.74) is 12.8. The number of anilines is 3. The molecule has 0 amide bonds. The maximum atomic E-state index is 2.43. The van der Waals surface area contributed by atoms with Crippen LogP contribution in [0.25, 0.3) is 76.8 Å². The van der Waals surface area contributed by atoms with Gasteiger partial charge in [0.05, 0.1) is 5.69 Å². The summed E-state index contributed by atoms with van der Waals surface area (Å²) in [5, 5.41) is 7.54. The Kier molecular flexibility index (Phi) is 8.24. The van der Waals surface area contributed by atoms with E-state index in [1.54, 1.807) is 0 Å². The molecule has 0 spiro atoms. The van der Waals surface area contributed by atoms with Gasteiger partial charge < -0.3 is 4.90 Å². The maximum absolute atomic E-state index is 2.43. The molecular weight excluding hydrogens is 663 g/mol. The van der Waals surface area contributed by atoms with Crippen molar-refractivity contribution in [3.05, 3.63) is 224 Å². The van der Waals surface area contributed by atoms with Gasteiger partial charge in [-0.1, -0.05) is 188 Å². The summed E-state index contributed by atoms with van der Waals surface area (Å²) < 4.78 is 0. The van der Waals surface area contributed by atoms with Crippen LogP contribution in [0.4, 0.5) is 17.1 Å². The Bertz CT molecular complexity index is 2980. The molecular formula is C54H37N. The highest BCUT2D eigenvalue weighted by molar-refractivity contribution is 6.12. The van der Waals surface area contributed by atoms with Crippen molar-refractivity contribution in [2.75, 3.05) is 4.90 Å². The van der Waals surface area contributed by atoms with Gasteiger partial charge >= 0.3 is 0 Å². The van der Waals surface area contributed by atoms with Crippen molar-refractivity contribution in [1.82, 2.24) is 0 Å². The van der Waals surface area contributed by atoms with Crippen LogP contribution in [0.5, 0.6) is 0 Å². The lowest BCUT2D eigenvalue weighted by Gasteiger charge is -2.29. The standard InChI is InChI=1S/C54H37N/c1-2-13-38(14-3-1)40-27-30-42(31-28-40)51-23-8-9-26-54(51)55(47-20-10-18-44(36-47)45-32-29-39-15-4-5-17-43(39)35-45)48-21-11-19-46(37-48)50-24-12-25-52-49-22-7-6-16-41(49)33-34-53(50)52/h1-37H. The topological polar surface area (TPSA) is 3.24 Å². The minimum atomic E-state index is 1.10. The normalized spacial score (nSPS) is 11.3. The van der Waals surface area contributed by atoms with E-state index in [1.807, 2.05) is 0 Å². The number of hydrogen-bond donors (Lipinski definition) is 0. The van der Waals surface area contributed by atoms with Crippen LogP contribution in [-0.4, -0.2) is 0 Å². The summed E-state index contributed by atoms with van der Waals surface area (Å²) in [7, 11) is 0. The average molecular weight is 700 g/mol. The first-order valence-corrected chi connectivity index (χ1v) is 18.9. The van der Waals surface area contributed by atoms with E-state index in [-0.39, 0.29) is 0 Å². The zero-order valence-corrected chi connectivity index (χ0v) is 30.3. The number of benzene rings is 10. The number of rotatable bonds is 7. The fourth-order valence-electron chi connectivity index (χ4n) is 8.11. The second-order valence-corrected chi connectivity index (χ2v) is 14.1. The van der Waals surface area contributed by atoms with Crippen molar-refractivity contribution in [2.45, 2.75) is 0 Å². The second kappa shape index (κ2) is 14.0. The molecule has 10 rings (SSSR count). The van der Waals surface area contributed by atoms with Crippen molar-refractivity contribution in [1.29, 1.82) is 0 Å². The molecule has 0 heterocycles. The highest BCUT2D eigenvalue weighted by Gasteiger charge is 2.19. The molecule has 10 aromatic carbocycles. The molecule has 0 aliphatic carbocycles. The molecule has 1 heteroatoms. The second-order valence-electron chi connectivity index (χ2n) is 14.1. The third-order valence-corrected chi connectivity index (χ3v) is 10.8. The summed E-state index contributed by atoms with van der Waals surface area (Å²) in [4.78, 5) is 2.43. The number of para-hydroxylation sites is 1. The zero-order chi connectivity index (χ0) is 36.6. The van der Waals surface area contributed by atoms with Crippen LogP contribution in [0.2, 0.25) is 0 Å². The van der Waals surface area contributed by atoms with Gasteiger partial charge in [0, 0.05) is 16.9 Å². The van der Waals surface area contributed by atoms with Gasteiger partial charge in [0.1, 0.15) is 0 Å². The quantitative estimate of drug-likeness (QED) is 0.150. The lowest BCUT2D eigenvalue weighted by atomic mass is 9.94. The minimum absolute atomic E-state index is 1.10. The van der Waals surface area contributed by atoms with E-state index in [9.17, 15) is 0 Å². The fraction of sp³-hybridized carbons (Fsp3) is 0. The van der Waals surface area contributed by atoms with Crippen LogP contribution in [-0.2, 0) is 0 Å². The number of nitrogens with zero attached hydrogens (tertiary/aromatic N) is 1. The average Bonchev–Trinajstić information content (AvgIpc) is 3.27. The van der Waals surface area contributed by atoms with Crippen LogP contribution < -0.4 is 4.90 Å². The van der Waals surface area contributed by atoms with Gasteiger partial charge in [-0.3, -0.25) is 0 Å². The van der Waals surface area contributed by atoms with Crippen molar-refractivity contribution in [3.63, 3.8) is 0 Å². The summed E-state index contributed by atoms with van der Waals surface area (Å²) in [5.74, 6) is 0. The van der Waals surface area contributed by atoms with Gasteiger partial charge in [0.2, 0.25) is 0 Å². The van der Waals surface area contributed by atoms with E-state index >= 15 is 0 Å². The first-order chi connectivity index (χ1) is 27.3.